The fraction of sp³-hybridized carbons (Fsp3) is 0.0784. The molecule has 0 aliphatic heterocycles. The number of nitrogens with zero attached hydrogens (tertiary/aromatic N) is 2. The predicted molar refractivity (Wildman–Crippen MR) is 227 cm³/mol. The summed E-state index contributed by atoms with van der Waals surface area (Å²) in [5.74, 6) is 0. The average molecular weight is 737 g/mol. The zero-order valence-corrected chi connectivity index (χ0v) is 31.2. The summed E-state index contributed by atoms with van der Waals surface area (Å²) < 4.78 is 43.3. The molecule has 9 rings (SSSR count). The highest BCUT2D eigenvalue weighted by molar-refractivity contribution is 6.10. The largest absolute Gasteiger partial charge is 0.416 e. The molecule has 0 atom stereocenters. The van der Waals surface area contributed by atoms with Crippen LogP contribution in [0, 0.1) is 11.3 Å². The molecule has 0 saturated heterocycles. The maximum Gasteiger partial charge on any atom is 0.416 e. The van der Waals surface area contributed by atoms with Gasteiger partial charge in [0.1, 0.15) is 0 Å². The number of nitriles is 1. The van der Waals surface area contributed by atoms with Crippen LogP contribution in [0.3, 0.4) is 0 Å². The van der Waals surface area contributed by atoms with Crippen LogP contribution in [0.4, 0.5) is 13.2 Å². The second-order valence-corrected chi connectivity index (χ2v) is 13.6. The minimum absolute atomic E-state index is 0.400. The normalized spacial score (nSPS) is 11.4. The summed E-state index contributed by atoms with van der Waals surface area (Å²) in [5.41, 5.74) is 13.5. The number of benzene rings is 7. The summed E-state index contributed by atoms with van der Waals surface area (Å²) in [7, 11) is 0. The third-order valence-electron chi connectivity index (χ3n) is 9.85. The number of halogens is 3. The van der Waals surface area contributed by atoms with E-state index in [2.05, 4.69) is 122 Å². The highest BCUT2D eigenvalue weighted by Crippen LogP contribution is 2.43. The topological polar surface area (TPSA) is 28.7 Å². The van der Waals surface area contributed by atoms with Gasteiger partial charge in [-0.15, -0.1) is 13.2 Å². The summed E-state index contributed by atoms with van der Waals surface area (Å²) in [6, 6.07) is 51.8. The van der Waals surface area contributed by atoms with Crippen LogP contribution in [0.1, 0.15) is 36.1 Å². The third-order valence-corrected chi connectivity index (χ3v) is 9.85. The Labute approximate surface area is 325 Å². The summed E-state index contributed by atoms with van der Waals surface area (Å²) >= 11 is 0. The van der Waals surface area contributed by atoms with Gasteiger partial charge in [0.05, 0.1) is 28.2 Å². The van der Waals surface area contributed by atoms with Crippen molar-refractivity contribution in [3.8, 4) is 56.3 Å². The molecule has 0 spiro atoms. The number of fused-ring (bicyclic) bond motifs is 6. The molecule has 274 valence electrons. The van der Waals surface area contributed by atoms with Gasteiger partial charge in [-0.2, -0.15) is 18.4 Å². The number of aromatic nitrogens is 1. The highest BCUT2D eigenvalue weighted by Gasteiger charge is 2.31. The standard InChI is InChI=1S/C45H27F3N2.2C3H6/c46-45(47,48)37-16-19-44-42(25-37)41-20-28(27-49)12-18-43(41)50(44)38-17-15-36-23-35-14-13-34(24-39(35)40(36)26-38)33-11-5-10-32(22-33)31-9-4-8-30(21-31)29-6-2-1-3-7-29;2*1-3-2/h1-22,24-26H,23H2;2*3H,1H2,2H3. The molecule has 1 aliphatic rings. The van der Waals surface area contributed by atoms with E-state index >= 15 is 0 Å². The molecule has 2 nitrogen and oxygen atoms in total. The van der Waals surface area contributed by atoms with Gasteiger partial charge in [0.25, 0.3) is 0 Å². The van der Waals surface area contributed by atoms with Crippen molar-refractivity contribution in [2.24, 2.45) is 0 Å². The lowest BCUT2D eigenvalue weighted by molar-refractivity contribution is -0.137. The lowest BCUT2D eigenvalue weighted by atomic mass is 9.94. The quantitative estimate of drug-likeness (QED) is 0.165. The van der Waals surface area contributed by atoms with E-state index in [0.29, 0.717) is 21.9 Å². The fourth-order valence-corrected chi connectivity index (χ4v) is 7.41. The van der Waals surface area contributed by atoms with Crippen LogP contribution in [0.15, 0.2) is 177 Å². The molecule has 0 radical (unpaired) electrons. The molecule has 1 aliphatic carbocycles. The van der Waals surface area contributed by atoms with Crippen LogP contribution in [0.25, 0.3) is 72.0 Å². The smallest absolute Gasteiger partial charge is 0.309 e. The number of hydrogen-bond acceptors (Lipinski definition) is 1. The van der Waals surface area contributed by atoms with Gasteiger partial charge in [-0.05, 0) is 143 Å². The van der Waals surface area contributed by atoms with Crippen LogP contribution < -0.4 is 0 Å². The van der Waals surface area contributed by atoms with Crippen molar-refractivity contribution < 1.29 is 13.2 Å². The molecular formula is C51H39F3N2. The number of rotatable bonds is 4. The van der Waals surface area contributed by atoms with Crippen LogP contribution in [-0.2, 0) is 12.6 Å². The molecular weight excluding hydrogens is 698 g/mol. The summed E-state index contributed by atoms with van der Waals surface area (Å²) in [6.07, 6.45) is -0.165. The first-order valence-corrected chi connectivity index (χ1v) is 18.4. The first-order valence-electron chi connectivity index (χ1n) is 18.4. The fourth-order valence-electron chi connectivity index (χ4n) is 7.41. The molecule has 1 heterocycles. The Bertz CT molecular complexity index is 2770. The molecule has 7 aromatic carbocycles. The Morgan fingerprint density at radius 3 is 1.64 bits per heavy atom. The van der Waals surface area contributed by atoms with Gasteiger partial charge in [0.2, 0.25) is 0 Å². The van der Waals surface area contributed by atoms with E-state index in [-0.39, 0.29) is 0 Å². The molecule has 0 saturated carbocycles. The van der Waals surface area contributed by atoms with Crippen LogP contribution in [-0.4, -0.2) is 4.57 Å². The van der Waals surface area contributed by atoms with Crippen molar-refractivity contribution in [1.82, 2.24) is 4.57 Å². The molecule has 1 aromatic heterocycles. The maximum atomic E-state index is 13.8. The van der Waals surface area contributed by atoms with E-state index < -0.39 is 11.7 Å². The molecule has 0 unspecified atom stereocenters. The van der Waals surface area contributed by atoms with Crippen molar-refractivity contribution in [3.63, 3.8) is 0 Å². The van der Waals surface area contributed by atoms with Gasteiger partial charge in [0, 0.05) is 16.5 Å². The van der Waals surface area contributed by atoms with Crippen molar-refractivity contribution in [2.45, 2.75) is 26.4 Å². The Morgan fingerprint density at radius 1 is 0.554 bits per heavy atom. The highest BCUT2D eigenvalue weighted by atomic mass is 19.4. The first kappa shape index (κ1) is 37.4. The Kier molecular flexibility index (Phi) is 10.6. The Morgan fingerprint density at radius 2 is 1.05 bits per heavy atom. The zero-order chi connectivity index (χ0) is 39.4. The van der Waals surface area contributed by atoms with Crippen LogP contribution in [0.5, 0.6) is 0 Å². The number of hydrogen-bond donors (Lipinski definition) is 0. The van der Waals surface area contributed by atoms with Crippen molar-refractivity contribution in [2.75, 3.05) is 0 Å². The molecule has 0 amide bonds. The lowest BCUT2D eigenvalue weighted by Crippen LogP contribution is -2.04. The second kappa shape index (κ2) is 15.8. The molecule has 8 aromatic rings. The number of alkyl halides is 3. The van der Waals surface area contributed by atoms with Crippen molar-refractivity contribution in [3.05, 3.63) is 199 Å². The maximum absolute atomic E-state index is 13.8. The Balaban J connectivity index is 0.000000755. The van der Waals surface area contributed by atoms with Crippen molar-refractivity contribution >= 4 is 21.8 Å². The molecule has 0 bridgehead atoms. The van der Waals surface area contributed by atoms with Gasteiger partial charge in [-0.25, -0.2) is 0 Å². The minimum Gasteiger partial charge on any atom is -0.309 e. The molecule has 0 fully saturated rings. The second-order valence-electron chi connectivity index (χ2n) is 13.6. The predicted octanol–water partition coefficient (Wildman–Crippen LogP) is 14.6. The van der Waals surface area contributed by atoms with E-state index in [1.165, 1.54) is 34.4 Å². The third kappa shape index (κ3) is 7.30. The lowest BCUT2D eigenvalue weighted by Gasteiger charge is -2.12. The SMILES string of the molecule is C=CC.C=CC.N#Cc1ccc2c(c1)c1cc(C(F)(F)F)ccc1n2-c1ccc2c(c1)-c1cc(-c3cccc(-c4cccc(-c5ccccc5)c4)c3)ccc1C2. The van der Waals surface area contributed by atoms with Gasteiger partial charge < -0.3 is 4.57 Å². The molecule has 5 heteroatoms. The average Bonchev–Trinajstić information content (AvgIpc) is 3.75. The zero-order valence-electron chi connectivity index (χ0n) is 31.2. The van der Waals surface area contributed by atoms with Gasteiger partial charge in [-0.1, -0.05) is 97.1 Å². The van der Waals surface area contributed by atoms with E-state index in [1.54, 1.807) is 24.3 Å². The first-order chi connectivity index (χ1) is 27.2. The molecule has 0 N–H and O–H groups in total. The van der Waals surface area contributed by atoms with E-state index in [9.17, 15) is 18.4 Å². The van der Waals surface area contributed by atoms with E-state index in [1.807, 2.05) is 36.6 Å². The van der Waals surface area contributed by atoms with Gasteiger partial charge >= 0.3 is 6.18 Å². The summed E-state index contributed by atoms with van der Waals surface area (Å²) in [6.45, 7) is 10.5. The van der Waals surface area contributed by atoms with Crippen molar-refractivity contribution in [1.29, 1.82) is 5.26 Å². The van der Waals surface area contributed by atoms with Gasteiger partial charge in [0.15, 0.2) is 0 Å². The monoisotopic (exact) mass is 736 g/mol. The Hall–Kier alpha value is -6.90. The summed E-state index contributed by atoms with van der Waals surface area (Å²) in [5, 5.41) is 10.6. The minimum atomic E-state index is -4.48. The van der Waals surface area contributed by atoms with E-state index in [0.717, 1.165) is 57.1 Å². The van der Waals surface area contributed by atoms with E-state index in [4.69, 9.17) is 0 Å². The van der Waals surface area contributed by atoms with Crippen LogP contribution in [0.2, 0.25) is 0 Å². The van der Waals surface area contributed by atoms with Crippen LogP contribution >= 0.6 is 0 Å². The summed E-state index contributed by atoms with van der Waals surface area (Å²) in [4.78, 5) is 0. The van der Waals surface area contributed by atoms with Gasteiger partial charge in [-0.3, -0.25) is 0 Å². The molecule has 56 heavy (non-hydrogen) atoms. The number of allylic oxidation sites excluding steroid dienone is 2.